The summed E-state index contributed by atoms with van der Waals surface area (Å²) >= 11 is 4.28. The van der Waals surface area contributed by atoms with Gasteiger partial charge in [-0.3, -0.25) is 53.7 Å². The lowest BCUT2D eigenvalue weighted by molar-refractivity contribution is -0.145. The van der Waals surface area contributed by atoms with Crippen LogP contribution in [0.3, 0.4) is 0 Å². The number of anilines is 1. The van der Waals surface area contributed by atoms with Crippen molar-refractivity contribution in [1.82, 2.24) is 26.6 Å². The summed E-state index contributed by atoms with van der Waals surface area (Å²) in [7, 11) is 0. The van der Waals surface area contributed by atoms with Crippen LogP contribution in [0, 0.1) is 17.8 Å². The summed E-state index contributed by atoms with van der Waals surface area (Å²) in [6, 6.07) is 1.57. The molecule has 2 aliphatic heterocycles. The van der Waals surface area contributed by atoms with Gasteiger partial charge < -0.3 is 53.4 Å². The van der Waals surface area contributed by atoms with Crippen LogP contribution in [0.4, 0.5) is 5.69 Å². The highest BCUT2D eigenvalue weighted by Crippen LogP contribution is 2.25. The number of amides is 5. The molecule has 1 aromatic carbocycles. The van der Waals surface area contributed by atoms with Crippen LogP contribution in [-0.2, 0) is 43.2 Å². The van der Waals surface area contributed by atoms with Crippen LogP contribution >= 0.6 is 12.6 Å². The summed E-state index contributed by atoms with van der Waals surface area (Å²) in [5.41, 5.74) is 12.3. The minimum absolute atomic E-state index is 0.0223. The Bertz CT molecular complexity index is 2220. The first-order chi connectivity index (χ1) is 34.4. The monoisotopic (exact) mass is 1030 g/mol. The van der Waals surface area contributed by atoms with Crippen LogP contribution < -0.4 is 43.4 Å². The second kappa shape index (κ2) is 29.6. The molecule has 0 spiro atoms. The molecule has 0 saturated heterocycles. The van der Waals surface area contributed by atoms with Crippen molar-refractivity contribution in [2.75, 3.05) is 30.7 Å². The smallest absolute Gasteiger partial charge is 0.326 e. The molecule has 1 aromatic rings. The summed E-state index contributed by atoms with van der Waals surface area (Å²) in [5, 5.41) is 45.2. The number of nitrogens with zero attached hydrogens (tertiary/aromatic N) is 3. The minimum atomic E-state index is -1.50. The first kappa shape index (κ1) is 57.8. The maximum absolute atomic E-state index is 13.3. The van der Waals surface area contributed by atoms with E-state index in [1.54, 1.807) is 12.1 Å². The molecule has 1 saturated carbocycles. The molecule has 7 atom stereocenters. The molecule has 0 radical (unpaired) electrons. The van der Waals surface area contributed by atoms with Crippen molar-refractivity contribution in [1.29, 1.82) is 0 Å². The Labute approximate surface area is 421 Å². The lowest BCUT2D eigenvalue weighted by atomic mass is 9.94. The number of carboxylic acid groups (broad SMARTS) is 3. The summed E-state index contributed by atoms with van der Waals surface area (Å²) in [6.45, 7) is 0.771. The molecule has 2 heterocycles. The number of nitrogens with two attached hydrogens (primary N) is 2. The predicted molar refractivity (Wildman–Crippen MR) is 266 cm³/mol. The Morgan fingerprint density at radius 2 is 1.43 bits per heavy atom. The van der Waals surface area contributed by atoms with Gasteiger partial charge in [-0.05, 0) is 95.0 Å². The standard InChI is InChI=1S/C47H67N11O13S/c48-19-5-3-9-33(55-41(63)26-7-1-2-8-26)36(60)22-29(25-72)40(62)50-20-6-4-10-34(45(68)69)54-37(61)18-13-28(44(66)67)21-32(59)16-17-35(46(70)71)56-42(64)27-11-14-30(15-12-27)51-23-31-24-52-39-38(53-31)43(65)58-47(49)57-39/h11-12,14-15,24,26,28-29,33-35,38-39,51,72H,1-10,13,16-23,25,48H2,(H,50,62)(H,54,61)(H,55,63)(H,56,64)(H,66,67)(H,68,69)(H,70,71)(H3,49,57,58,65). The average Bonchev–Trinajstić information content (AvgIpc) is 3.90. The maximum atomic E-state index is 13.3. The van der Waals surface area contributed by atoms with Crippen molar-refractivity contribution < 1.29 is 63.3 Å². The number of fused-ring (bicyclic) bond motifs is 1. The van der Waals surface area contributed by atoms with E-state index < -0.39 is 109 Å². The Kier molecular flexibility index (Phi) is 23.7. The zero-order valence-corrected chi connectivity index (χ0v) is 40.9. The van der Waals surface area contributed by atoms with Crippen molar-refractivity contribution >= 4 is 95.2 Å². The predicted octanol–water partition coefficient (Wildman–Crippen LogP) is 0.332. The second-order valence-electron chi connectivity index (χ2n) is 18.0. The number of benzene rings is 1. The number of Topliss-reactive ketones (excluding diaryl/α,β-unsaturated/α-hetero) is 2. The maximum Gasteiger partial charge on any atom is 0.326 e. The third-order valence-electron chi connectivity index (χ3n) is 12.5. The van der Waals surface area contributed by atoms with Gasteiger partial charge >= 0.3 is 17.9 Å². The Hall–Kier alpha value is -6.76. The number of thiol groups is 1. The third kappa shape index (κ3) is 19.1. The molecular formula is C47H67N11O13S. The largest absolute Gasteiger partial charge is 0.481 e. The molecular weight excluding hydrogens is 959 g/mol. The number of rotatable bonds is 33. The molecule has 25 heteroatoms. The minimum Gasteiger partial charge on any atom is -0.481 e. The lowest BCUT2D eigenvalue weighted by Crippen LogP contribution is -2.52. The number of aliphatic imine (C=N–C) groups is 3. The van der Waals surface area contributed by atoms with Crippen LogP contribution in [0.1, 0.15) is 113 Å². The zero-order valence-electron chi connectivity index (χ0n) is 40.0. The van der Waals surface area contributed by atoms with E-state index in [0.29, 0.717) is 43.6 Å². The topological polar surface area (TPSA) is 393 Å². The summed E-state index contributed by atoms with van der Waals surface area (Å²) in [5.74, 6) is -9.77. The second-order valence-corrected chi connectivity index (χ2v) is 18.4. The van der Waals surface area contributed by atoms with E-state index in [-0.39, 0.29) is 80.1 Å². The molecule has 24 nitrogen and oxygen atoms in total. The lowest BCUT2D eigenvalue weighted by Gasteiger charge is -2.25. The molecule has 4 rings (SSSR count). The molecule has 5 amide bonds. The van der Waals surface area contributed by atoms with Gasteiger partial charge in [0.2, 0.25) is 17.7 Å². The van der Waals surface area contributed by atoms with E-state index >= 15 is 0 Å². The van der Waals surface area contributed by atoms with Gasteiger partial charge in [-0.1, -0.05) is 12.8 Å². The average molecular weight is 1030 g/mol. The molecule has 1 aliphatic carbocycles. The fourth-order valence-electron chi connectivity index (χ4n) is 8.28. The van der Waals surface area contributed by atoms with E-state index in [9.17, 15) is 63.3 Å². The van der Waals surface area contributed by atoms with E-state index in [1.807, 2.05) is 0 Å². The molecule has 72 heavy (non-hydrogen) atoms. The van der Waals surface area contributed by atoms with Gasteiger partial charge in [-0.2, -0.15) is 12.6 Å². The van der Waals surface area contributed by atoms with E-state index in [1.165, 1.54) is 18.3 Å². The number of carboxylic acids is 3. The number of nitrogens with one attached hydrogen (secondary N) is 6. The Balaban J connectivity index is 1.15. The quantitative estimate of drug-likeness (QED) is 0.0333. The third-order valence-corrected chi connectivity index (χ3v) is 12.9. The fourth-order valence-corrected chi connectivity index (χ4v) is 8.58. The molecule has 1 fully saturated rings. The zero-order chi connectivity index (χ0) is 52.7. The number of aliphatic carboxylic acids is 3. The van der Waals surface area contributed by atoms with Gasteiger partial charge in [0.1, 0.15) is 17.9 Å². The van der Waals surface area contributed by atoms with E-state index in [0.717, 1.165) is 25.7 Å². The SMILES string of the molecule is NCCCCC(NC(=O)C1CCCC1)C(=O)CC(CS)C(=O)NCCCCC(NC(=O)CCC(CC(=O)CCC(NC(=O)c1ccc(NCC2=NC3C(=O)NC(N)=NC3N=C2)cc1)C(=O)O)C(=O)O)C(=O)O. The summed E-state index contributed by atoms with van der Waals surface area (Å²) < 4.78 is 0. The van der Waals surface area contributed by atoms with Crippen LogP contribution in [-0.4, -0.2) is 148 Å². The van der Waals surface area contributed by atoms with Crippen molar-refractivity contribution in [2.45, 2.75) is 133 Å². The Morgan fingerprint density at radius 3 is 2.08 bits per heavy atom. The van der Waals surface area contributed by atoms with Crippen molar-refractivity contribution in [2.24, 2.45) is 44.2 Å². The number of unbranched alkanes of at least 4 members (excludes halogenated alkanes) is 2. The van der Waals surface area contributed by atoms with Gasteiger partial charge in [0.05, 0.1) is 30.1 Å². The first-order valence-electron chi connectivity index (χ1n) is 24.2. The molecule has 0 aromatic heterocycles. The Morgan fingerprint density at radius 1 is 0.764 bits per heavy atom. The van der Waals surface area contributed by atoms with Crippen LogP contribution in [0.25, 0.3) is 0 Å². The molecule has 3 aliphatic rings. The fraction of sp³-hybridized carbons (Fsp3) is 0.596. The van der Waals surface area contributed by atoms with Gasteiger partial charge in [-0.25, -0.2) is 14.6 Å². The highest BCUT2D eigenvalue weighted by atomic mass is 32.1. The number of carbonyl (C=O) groups is 10. The number of ketones is 2. The number of hydrogen-bond donors (Lipinski definition) is 12. The van der Waals surface area contributed by atoms with Gasteiger partial charge in [-0.15, -0.1) is 0 Å². The van der Waals surface area contributed by atoms with Gasteiger partial charge in [0.25, 0.3) is 11.8 Å². The molecule has 394 valence electrons. The normalized spacial score (nSPS) is 18.3. The van der Waals surface area contributed by atoms with E-state index in [4.69, 9.17) is 11.5 Å². The van der Waals surface area contributed by atoms with Crippen molar-refractivity contribution in [3.63, 3.8) is 0 Å². The van der Waals surface area contributed by atoms with Crippen LogP contribution in [0.15, 0.2) is 39.2 Å². The molecule has 7 unspecified atom stereocenters. The first-order valence-corrected chi connectivity index (χ1v) is 24.8. The highest BCUT2D eigenvalue weighted by molar-refractivity contribution is 7.80. The van der Waals surface area contributed by atoms with Gasteiger partial charge in [0.15, 0.2) is 24.0 Å². The number of carbonyl (C=O) groups excluding carboxylic acids is 7. The van der Waals surface area contributed by atoms with Crippen molar-refractivity contribution in [3.05, 3.63) is 29.8 Å². The van der Waals surface area contributed by atoms with Gasteiger partial charge in [0, 0.05) is 61.4 Å². The van der Waals surface area contributed by atoms with Crippen LogP contribution in [0.2, 0.25) is 0 Å². The van der Waals surface area contributed by atoms with Crippen molar-refractivity contribution in [3.8, 4) is 0 Å². The highest BCUT2D eigenvalue weighted by Gasteiger charge is 2.35. The summed E-state index contributed by atoms with van der Waals surface area (Å²) in [4.78, 5) is 139. The molecule has 0 bridgehead atoms. The summed E-state index contributed by atoms with van der Waals surface area (Å²) in [6.07, 6.45) is 4.32. The number of guanidine groups is 1. The number of hydrogen-bond acceptors (Lipinski definition) is 17. The van der Waals surface area contributed by atoms with E-state index in [2.05, 4.69) is 59.5 Å². The van der Waals surface area contributed by atoms with Crippen LogP contribution in [0.5, 0.6) is 0 Å². The molecule has 13 N–H and O–H groups in total.